The third-order valence-corrected chi connectivity index (χ3v) is 8.52. The molecule has 7 nitrogen and oxygen atoms in total. The van der Waals surface area contributed by atoms with Crippen LogP contribution in [0.1, 0.15) is 69.8 Å². The molecule has 3 aliphatic rings. The molecule has 8 heteroatoms. The number of benzene rings is 1. The minimum Gasteiger partial charge on any atom is -0.344 e. The molecule has 2 saturated carbocycles. The summed E-state index contributed by atoms with van der Waals surface area (Å²) in [6, 6.07) is 7.17. The lowest BCUT2D eigenvalue weighted by atomic mass is 9.90. The van der Waals surface area contributed by atoms with Crippen LogP contribution >= 0.6 is 11.6 Å². The fourth-order valence-electron chi connectivity index (χ4n) is 6.08. The van der Waals surface area contributed by atoms with E-state index >= 15 is 0 Å². The van der Waals surface area contributed by atoms with Crippen molar-refractivity contribution in [3.63, 3.8) is 0 Å². The third-order valence-electron chi connectivity index (χ3n) is 8.27. The monoisotopic (exact) mass is 530 g/mol. The number of amides is 3. The van der Waals surface area contributed by atoms with Crippen molar-refractivity contribution in [1.29, 1.82) is 0 Å². The van der Waals surface area contributed by atoms with Gasteiger partial charge >= 0.3 is 0 Å². The summed E-state index contributed by atoms with van der Waals surface area (Å²) in [4.78, 5) is 45.8. The summed E-state index contributed by atoms with van der Waals surface area (Å²) in [7, 11) is 3.85. The maximum atomic E-state index is 13.6. The maximum absolute atomic E-state index is 13.6. The molecule has 3 amide bonds. The lowest BCUT2D eigenvalue weighted by Gasteiger charge is -2.50. The number of hydrogen-bond donors (Lipinski definition) is 1. The minimum atomic E-state index is -0.634. The van der Waals surface area contributed by atoms with E-state index in [1.54, 1.807) is 0 Å². The van der Waals surface area contributed by atoms with Crippen LogP contribution in [0.15, 0.2) is 24.3 Å². The molecule has 1 N–H and O–H groups in total. The lowest BCUT2D eigenvalue weighted by Crippen LogP contribution is -2.67. The number of rotatable bonds is 10. The zero-order valence-electron chi connectivity index (χ0n) is 22.5. The van der Waals surface area contributed by atoms with Crippen LogP contribution in [0, 0.1) is 5.92 Å². The predicted octanol–water partition coefficient (Wildman–Crippen LogP) is 3.88. The normalized spacial score (nSPS) is 20.1. The average Bonchev–Trinajstić information content (AvgIpc) is 3.40. The smallest absolute Gasteiger partial charge is 0.245 e. The van der Waals surface area contributed by atoms with Crippen LogP contribution in [0.3, 0.4) is 0 Å². The molecular weight excluding hydrogens is 488 g/mol. The predicted molar refractivity (Wildman–Crippen MR) is 146 cm³/mol. The van der Waals surface area contributed by atoms with Gasteiger partial charge in [0.05, 0.1) is 6.04 Å². The minimum absolute atomic E-state index is 0.0682. The van der Waals surface area contributed by atoms with Crippen molar-refractivity contribution in [3.8, 4) is 0 Å². The molecule has 0 spiro atoms. The number of carbonyl (C=O) groups excluding carboxylic acids is 3. The Bertz CT molecular complexity index is 920. The van der Waals surface area contributed by atoms with Crippen LogP contribution in [-0.4, -0.2) is 84.3 Å². The standard InChI is InChI=1S/C29H43ClN4O3/c1-32(2)17-16-27(35)31-26(18-21-12-14-23(30)15-13-21)29(37)33-19-25(20-33)34(24-10-4-3-5-11-24)28(36)22-8-6-7-9-22/h12-15,22,24-26H,3-11,16-20H2,1-2H3,(H,31,35)/t26-/m1/s1. The van der Waals surface area contributed by atoms with Crippen molar-refractivity contribution in [1.82, 2.24) is 20.0 Å². The topological polar surface area (TPSA) is 73.0 Å². The summed E-state index contributed by atoms with van der Waals surface area (Å²) >= 11 is 6.05. The van der Waals surface area contributed by atoms with Crippen LogP contribution in [0.4, 0.5) is 0 Å². The average molecular weight is 531 g/mol. The van der Waals surface area contributed by atoms with E-state index in [0.29, 0.717) is 49.4 Å². The van der Waals surface area contributed by atoms with Gasteiger partial charge in [0.15, 0.2) is 0 Å². The molecule has 0 unspecified atom stereocenters. The highest BCUT2D eigenvalue weighted by Gasteiger charge is 2.44. The number of nitrogens with one attached hydrogen (secondary N) is 1. The van der Waals surface area contributed by atoms with Crippen molar-refractivity contribution >= 4 is 29.3 Å². The Morgan fingerprint density at radius 3 is 2.19 bits per heavy atom. The van der Waals surface area contributed by atoms with Gasteiger partial charge < -0.3 is 20.0 Å². The number of halogens is 1. The van der Waals surface area contributed by atoms with Crippen LogP contribution in [0.5, 0.6) is 0 Å². The van der Waals surface area contributed by atoms with E-state index < -0.39 is 6.04 Å². The first-order valence-corrected chi connectivity index (χ1v) is 14.5. The zero-order valence-corrected chi connectivity index (χ0v) is 23.2. The van der Waals surface area contributed by atoms with Crippen molar-refractivity contribution in [2.75, 3.05) is 33.7 Å². The fraction of sp³-hybridized carbons (Fsp3) is 0.690. The Hall–Kier alpha value is -2.12. The molecule has 1 saturated heterocycles. The molecule has 204 valence electrons. The Labute approximate surface area is 226 Å². The van der Waals surface area contributed by atoms with Crippen LogP contribution in [0.25, 0.3) is 0 Å². The van der Waals surface area contributed by atoms with Gasteiger partial charge in [-0.1, -0.05) is 55.8 Å². The summed E-state index contributed by atoms with van der Waals surface area (Å²) in [6.45, 7) is 1.73. The molecule has 0 bridgehead atoms. The molecule has 0 aromatic heterocycles. The largest absolute Gasteiger partial charge is 0.344 e. The molecule has 2 aliphatic carbocycles. The third kappa shape index (κ3) is 7.47. The van der Waals surface area contributed by atoms with Crippen molar-refractivity contribution in [2.24, 2.45) is 5.92 Å². The summed E-state index contributed by atoms with van der Waals surface area (Å²) in [5, 5.41) is 3.63. The molecule has 1 aromatic rings. The zero-order chi connectivity index (χ0) is 26.4. The first kappa shape index (κ1) is 27.9. The first-order valence-electron chi connectivity index (χ1n) is 14.1. The van der Waals surface area contributed by atoms with Gasteiger partial charge in [-0.15, -0.1) is 0 Å². The summed E-state index contributed by atoms with van der Waals surface area (Å²) < 4.78 is 0. The van der Waals surface area contributed by atoms with E-state index in [0.717, 1.165) is 44.1 Å². The highest BCUT2D eigenvalue weighted by molar-refractivity contribution is 6.30. The molecule has 37 heavy (non-hydrogen) atoms. The summed E-state index contributed by atoms with van der Waals surface area (Å²) in [5.41, 5.74) is 0.952. The van der Waals surface area contributed by atoms with Gasteiger partial charge in [0.1, 0.15) is 6.04 Å². The molecule has 1 aromatic carbocycles. The highest BCUT2D eigenvalue weighted by Crippen LogP contribution is 2.33. The van der Waals surface area contributed by atoms with Gasteiger partial charge in [0, 0.05) is 49.5 Å². The molecule has 1 heterocycles. The van der Waals surface area contributed by atoms with Gasteiger partial charge in [-0.05, 0) is 57.5 Å². The van der Waals surface area contributed by atoms with Crippen LogP contribution in [0.2, 0.25) is 5.02 Å². The number of nitrogens with zero attached hydrogens (tertiary/aromatic N) is 3. The Morgan fingerprint density at radius 1 is 0.946 bits per heavy atom. The van der Waals surface area contributed by atoms with Gasteiger partial charge in [0.25, 0.3) is 0 Å². The van der Waals surface area contributed by atoms with Gasteiger partial charge in [-0.25, -0.2) is 0 Å². The van der Waals surface area contributed by atoms with E-state index in [1.807, 2.05) is 48.2 Å². The Morgan fingerprint density at radius 2 is 1.57 bits per heavy atom. The van der Waals surface area contributed by atoms with Gasteiger partial charge in [-0.3, -0.25) is 14.4 Å². The fourth-order valence-corrected chi connectivity index (χ4v) is 6.21. The van der Waals surface area contributed by atoms with Crippen molar-refractivity contribution in [3.05, 3.63) is 34.9 Å². The van der Waals surface area contributed by atoms with E-state index in [-0.39, 0.29) is 23.8 Å². The van der Waals surface area contributed by atoms with E-state index in [9.17, 15) is 14.4 Å². The molecule has 3 fully saturated rings. The van der Waals surface area contributed by atoms with E-state index in [2.05, 4.69) is 10.2 Å². The molecular formula is C29H43ClN4O3. The lowest BCUT2D eigenvalue weighted by molar-refractivity contribution is -0.154. The molecule has 1 aliphatic heterocycles. The van der Waals surface area contributed by atoms with Crippen molar-refractivity contribution in [2.45, 2.75) is 88.8 Å². The summed E-state index contributed by atoms with van der Waals surface area (Å²) in [5.74, 6) is 0.274. The maximum Gasteiger partial charge on any atom is 0.245 e. The SMILES string of the molecule is CN(C)CCC(=O)N[C@H](Cc1ccc(Cl)cc1)C(=O)N1CC(N(C(=O)C2CCCC2)C2CCCCC2)C1. The number of hydrogen-bond acceptors (Lipinski definition) is 4. The molecule has 1 atom stereocenters. The Balaban J connectivity index is 1.42. The molecule has 0 radical (unpaired) electrons. The second-order valence-corrected chi connectivity index (χ2v) is 11.9. The number of likely N-dealkylation sites (tertiary alicyclic amines) is 1. The first-order chi connectivity index (χ1) is 17.8. The van der Waals surface area contributed by atoms with Gasteiger partial charge in [0.2, 0.25) is 17.7 Å². The second kappa shape index (κ2) is 13.1. The van der Waals surface area contributed by atoms with E-state index in [4.69, 9.17) is 11.6 Å². The highest BCUT2D eigenvalue weighted by atomic mass is 35.5. The number of carbonyl (C=O) groups is 3. The van der Waals surface area contributed by atoms with Gasteiger partial charge in [-0.2, -0.15) is 0 Å². The quantitative estimate of drug-likeness (QED) is 0.498. The van der Waals surface area contributed by atoms with Crippen molar-refractivity contribution < 1.29 is 14.4 Å². The van der Waals surface area contributed by atoms with E-state index in [1.165, 1.54) is 19.3 Å². The summed E-state index contributed by atoms with van der Waals surface area (Å²) in [6.07, 6.45) is 10.8. The van der Waals surface area contributed by atoms with Crippen LogP contribution < -0.4 is 5.32 Å². The Kier molecular flexibility index (Phi) is 9.88. The molecule has 4 rings (SSSR count). The van der Waals surface area contributed by atoms with Crippen LogP contribution in [-0.2, 0) is 20.8 Å². The second-order valence-electron chi connectivity index (χ2n) is 11.4.